The van der Waals surface area contributed by atoms with Crippen LogP contribution in [0, 0.1) is 0 Å². The Balaban J connectivity index is 1.92. The van der Waals surface area contributed by atoms with E-state index >= 15 is 0 Å². The number of carbonyl (C=O) groups excluding carboxylic acids is 1. The number of benzene rings is 1. The number of fused-ring (bicyclic) bond motifs is 1. The van der Waals surface area contributed by atoms with Crippen LogP contribution in [0.15, 0.2) is 18.2 Å². The molecule has 0 saturated carbocycles. The van der Waals surface area contributed by atoms with Crippen molar-refractivity contribution in [2.45, 2.75) is 45.6 Å². The van der Waals surface area contributed by atoms with Crippen molar-refractivity contribution >= 4 is 5.97 Å². The van der Waals surface area contributed by atoms with Gasteiger partial charge in [0.1, 0.15) is 18.4 Å². The zero-order valence-electron chi connectivity index (χ0n) is 13.0. The summed E-state index contributed by atoms with van der Waals surface area (Å²) < 4.78 is 10.9. The lowest BCUT2D eigenvalue weighted by atomic mass is 10.1. The van der Waals surface area contributed by atoms with Crippen molar-refractivity contribution in [2.75, 3.05) is 19.8 Å². The molecule has 0 fully saturated rings. The van der Waals surface area contributed by atoms with Crippen molar-refractivity contribution in [3.8, 4) is 5.75 Å². The maximum Gasteiger partial charge on any atom is 0.326 e. The van der Waals surface area contributed by atoms with Gasteiger partial charge in [0, 0.05) is 0 Å². The van der Waals surface area contributed by atoms with E-state index in [4.69, 9.17) is 9.47 Å². The highest BCUT2D eigenvalue weighted by molar-refractivity contribution is 5.76. The first-order valence-corrected chi connectivity index (χ1v) is 7.89. The Morgan fingerprint density at radius 2 is 2.10 bits per heavy atom. The molecule has 0 spiro atoms. The zero-order valence-corrected chi connectivity index (χ0v) is 13.0. The van der Waals surface area contributed by atoms with E-state index in [1.165, 1.54) is 24.0 Å². The predicted molar refractivity (Wildman–Crippen MR) is 82.7 cm³/mol. The number of esters is 1. The molecule has 0 aromatic heterocycles. The zero-order chi connectivity index (χ0) is 15.1. The Labute approximate surface area is 126 Å². The van der Waals surface area contributed by atoms with E-state index in [2.05, 4.69) is 24.4 Å². The minimum Gasteiger partial charge on any atom is -0.491 e. The predicted octanol–water partition coefficient (Wildman–Crippen LogP) is 2.49. The summed E-state index contributed by atoms with van der Waals surface area (Å²) in [6.07, 6.45) is 4.48. The van der Waals surface area contributed by atoms with Crippen LogP contribution in [0.4, 0.5) is 0 Å². The third kappa shape index (κ3) is 4.46. The van der Waals surface area contributed by atoms with Crippen LogP contribution >= 0.6 is 0 Å². The molecule has 1 aromatic carbocycles. The lowest BCUT2D eigenvalue weighted by Crippen LogP contribution is -2.43. The molecule has 0 amide bonds. The molecule has 1 N–H and O–H groups in total. The molecule has 1 aliphatic carbocycles. The molecule has 4 nitrogen and oxygen atoms in total. The standard InChI is InChI=1S/C17H25NO3/c1-3-10-18-16(17(19)20-4-2)12-21-15-9-8-13-6-5-7-14(13)11-15/h8-9,11,16,18H,3-7,10,12H2,1-2H3. The first kappa shape index (κ1) is 15.8. The molecule has 4 heteroatoms. The smallest absolute Gasteiger partial charge is 0.326 e. The van der Waals surface area contributed by atoms with Gasteiger partial charge in [-0.25, -0.2) is 0 Å². The summed E-state index contributed by atoms with van der Waals surface area (Å²) in [5.74, 6) is 0.593. The summed E-state index contributed by atoms with van der Waals surface area (Å²) in [5, 5.41) is 3.18. The van der Waals surface area contributed by atoms with Gasteiger partial charge in [-0.1, -0.05) is 13.0 Å². The van der Waals surface area contributed by atoms with Crippen LogP contribution < -0.4 is 10.1 Å². The average Bonchev–Trinajstić information content (AvgIpc) is 2.95. The summed E-state index contributed by atoms with van der Waals surface area (Å²) in [7, 11) is 0. The van der Waals surface area contributed by atoms with E-state index in [0.717, 1.165) is 25.1 Å². The van der Waals surface area contributed by atoms with Gasteiger partial charge in [-0.05, 0) is 62.4 Å². The fourth-order valence-electron chi connectivity index (χ4n) is 2.59. The quantitative estimate of drug-likeness (QED) is 0.748. The molecule has 116 valence electrons. The van der Waals surface area contributed by atoms with Gasteiger partial charge in [-0.2, -0.15) is 0 Å². The molecule has 0 saturated heterocycles. The monoisotopic (exact) mass is 291 g/mol. The van der Waals surface area contributed by atoms with Crippen LogP contribution in [-0.2, 0) is 22.4 Å². The third-order valence-corrected chi connectivity index (χ3v) is 3.70. The third-order valence-electron chi connectivity index (χ3n) is 3.70. The molecule has 1 atom stereocenters. The van der Waals surface area contributed by atoms with Gasteiger partial charge < -0.3 is 14.8 Å². The normalized spacial score (nSPS) is 14.6. The fourth-order valence-corrected chi connectivity index (χ4v) is 2.59. The van der Waals surface area contributed by atoms with Crippen molar-refractivity contribution in [1.82, 2.24) is 5.32 Å². The maximum absolute atomic E-state index is 11.9. The Kier molecular flexibility index (Phi) is 6.05. The Morgan fingerprint density at radius 3 is 2.86 bits per heavy atom. The summed E-state index contributed by atoms with van der Waals surface area (Å²) >= 11 is 0. The van der Waals surface area contributed by atoms with E-state index in [-0.39, 0.29) is 5.97 Å². The molecule has 0 radical (unpaired) electrons. The van der Waals surface area contributed by atoms with Gasteiger partial charge in [0.15, 0.2) is 0 Å². The molecule has 0 bridgehead atoms. The van der Waals surface area contributed by atoms with Crippen molar-refractivity contribution in [3.63, 3.8) is 0 Å². The summed E-state index contributed by atoms with van der Waals surface area (Å²) in [5.41, 5.74) is 2.80. The van der Waals surface area contributed by atoms with Gasteiger partial charge in [-0.15, -0.1) is 0 Å². The number of hydrogen-bond acceptors (Lipinski definition) is 4. The Morgan fingerprint density at radius 1 is 1.29 bits per heavy atom. The Hall–Kier alpha value is -1.55. The lowest BCUT2D eigenvalue weighted by molar-refractivity contribution is -0.146. The SMILES string of the molecule is CCCNC(COc1ccc2c(c1)CCC2)C(=O)OCC. The van der Waals surface area contributed by atoms with Crippen molar-refractivity contribution in [2.24, 2.45) is 0 Å². The van der Waals surface area contributed by atoms with Crippen molar-refractivity contribution in [1.29, 1.82) is 0 Å². The van der Waals surface area contributed by atoms with E-state index in [0.29, 0.717) is 13.2 Å². The number of hydrogen-bond donors (Lipinski definition) is 1. The van der Waals surface area contributed by atoms with Crippen molar-refractivity contribution in [3.05, 3.63) is 29.3 Å². The molecule has 0 heterocycles. The topological polar surface area (TPSA) is 47.6 Å². The van der Waals surface area contributed by atoms with E-state index in [9.17, 15) is 4.79 Å². The fraction of sp³-hybridized carbons (Fsp3) is 0.588. The number of aryl methyl sites for hydroxylation is 2. The molecular weight excluding hydrogens is 266 g/mol. The molecule has 1 unspecified atom stereocenters. The van der Waals surface area contributed by atoms with Gasteiger partial charge in [-0.3, -0.25) is 4.79 Å². The van der Waals surface area contributed by atoms with Crippen LogP contribution in [0.1, 0.15) is 37.8 Å². The van der Waals surface area contributed by atoms with Gasteiger partial charge >= 0.3 is 5.97 Å². The van der Waals surface area contributed by atoms with Gasteiger partial charge in [0.05, 0.1) is 6.61 Å². The number of nitrogens with one attached hydrogen (secondary N) is 1. The second-order valence-corrected chi connectivity index (χ2v) is 5.35. The van der Waals surface area contributed by atoms with E-state index in [1.807, 2.05) is 13.0 Å². The molecular formula is C17H25NO3. The van der Waals surface area contributed by atoms with Crippen LogP contribution in [0.3, 0.4) is 0 Å². The van der Waals surface area contributed by atoms with Crippen LogP contribution in [0.2, 0.25) is 0 Å². The molecule has 1 aromatic rings. The minimum absolute atomic E-state index is 0.243. The number of carbonyl (C=O) groups is 1. The largest absolute Gasteiger partial charge is 0.491 e. The minimum atomic E-state index is -0.404. The van der Waals surface area contributed by atoms with E-state index < -0.39 is 6.04 Å². The van der Waals surface area contributed by atoms with Crippen LogP contribution in [-0.4, -0.2) is 31.8 Å². The molecule has 21 heavy (non-hydrogen) atoms. The van der Waals surface area contributed by atoms with Gasteiger partial charge in [0.2, 0.25) is 0 Å². The van der Waals surface area contributed by atoms with Gasteiger partial charge in [0.25, 0.3) is 0 Å². The van der Waals surface area contributed by atoms with Crippen LogP contribution in [0.5, 0.6) is 5.75 Å². The summed E-state index contributed by atoms with van der Waals surface area (Å²) in [6.45, 7) is 5.35. The first-order chi connectivity index (χ1) is 10.2. The molecule has 1 aliphatic rings. The summed E-state index contributed by atoms with van der Waals surface area (Å²) in [6, 6.07) is 5.82. The first-order valence-electron chi connectivity index (χ1n) is 7.89. The summed E-state index contributed by atoms with van der Waals surface area (Å²) in [4.78, 5) is 11.9. The lowest BCUT2D eigenvalue weighted by Gasteiger charge is -2.18. The maximum atomic E-state index is 11.9. The van der Waals surface area contributed by atoms with Crippen molar-refractivity contribution < 1.29 is 14.3 Å². The second kappa shape index (κ2) is 8.03. The van der Waals surface area contributed by atoms with Crippen LogP contribution in [0.25, 0.3) is 0 Å². The molecule has 0 aliphatic heterocycles. The highest BCUT2D eigenvalue weighted by atomic mass is 16.5. The second-order valence-electron chi connectivity index (χ2n) is 5.35. The number of rotatable bonds is 8. The highest BCUT2D eigenvalue weighted by Crippen LogP contribution is 2.26. The number of ether oxygens (including phenoxy) is 2. The van der Waals surface area contributed by atoms with E-state index in [1.54, 1.807) is 0 Å². The Bertz CT molecular complexity index is 473. The average molecular weight is 291 g/mol. The highest BCUT2D eigenvalue weighted by Gasteiger charge is 2.20. The molecule has 2 rings (SSSR count).